The summed E-state index contributed by atoms with van der Waals surface area (Å²) in [5.74, 6) is 0.207. The molecule has 0 amide bonds. The largest absolute Gasteiger partial charge is 0.507 e. The molecule has 0 aliphatic heterocycles. The Labute approximate surface area is 160 Å². The van der Waals surface area contributed by atoms with Crippen LogP contribution < -0.4 is 11.3 Å². The molecule has 1 unspecified atom stereocenters. The van der Waals surface area contributed by atoms with Crippen LogP contribution >= 0.6 is 23.7 Å². The number of halogens is 1. The van der Waals surface area contributed by atoms with E-state index in [1.165, 1.54) is 11.3 Å². The lowest BCUT2D eigenvalue weighted by Crippen LogP contribution is -2.06. The number of fused-ring (bicyclic) bond motifs is 3. The molecule has 2 aromatic heterocycles. The lowest BCUT2D eigenvalue weighted by Gasteiger charge is -2.14. The molecule has 0 spiro atoms. The van der Waals surface area contributed by atoms with Crippen molar-refractivity contribution in [3.63, 3.8) is 0 Å². The van der Waals surface area contributed by atoms with Gasteiger partial charge in [-0.3, -0.25) is 4.79 Å². The van der Waals surface area contributed by atoms with Gasteiger partial charge < -0.3 is 15.8 Å². The first-order valence-electron chi connectivity index (χ1n) is 8.09. The summed E-state index contributed by atoms with van der Waals surface area (Å²) >= 11 is 1.41. The lowest BCUT2D eigenvalue weighted by molar-refractivity contribution is 0.477. The van der Waals surface area contributed by atoms with Gasteiger partial charge in [-0.2, -0.15) is 0 Å². The number of rotatable bonds is 2. The van der Waals surface area contributed by atoms with Crippen LogP contribution in [-0.4, -0.2) is 10.1 Å². The van der Waals surface area contributed by atoms with Crippen molar-refractivity contribution >= 4 is 44.7 Å². The van der Waals surface area contributed by atoms with Crippen LogP contribution in [-0.2, 0) is 0 Å². The zero-order chi connectivity index (χ0) is 17.7. The number of hydrogen-bond acceptors (Lipinski definition) is 4. The lowest BCUT2D eigenvalue weighted by atomic mass is 9.94. The molecule has 4 N–H and O–H groups in total. The van der Waals surface area contributed by atoms with Crippen LogP contribution in [0.3, 0.4) is 0 Å². The summed E-state index contributed by atoms with van der Waals surface area (Å²) in [7, 11) is 0. The topological polar surface area (TPSA) is 79.1 Å². The zero-order valence-corrected chi connectivity index (χ0v) is 16.0. The minimum atomic E-state index is -0.0930. The average molecular weight is 387 g/mol. The number of aromatic nitrogens is 1. The van der Waals surface area contributed by atoms with Crippen molar-refractivity contribution < 1.29 is 5.11 Å². The molecule has 0 saturated carbocycles. The van der Waals surface area contributed by atoms with Crippen LogP contribution in [0.2, 0.25) is 0 Å². The summed E-state index contributed by atoms with van der Waals surface area (Å²) in [6, 6.07) is 11.5. The number of thiophene rings is 1. The number of aromatic amines is 1. The molecule has 134 valence electrons. The highest BCUT2D eigenvalue weighted by atomic mass is 35.5. The molecule has 0 aliphatic rings. The Hall–Kier alpha value is -2.34. The van der Waals surface area contributed by atoms with Crippen LogP contribution in [0.1, 0.15) is 24.1 Å². The van der Waals surface area contributed by atoms with Gasteiger partial charge in [0.15, 0.2) is 0 Å². The second-order valence-corrected chi connectivity index (χ2v) is 7.28. The predicted octanol–water partition coefficient (Wildman–Crippen LogP) is 4.87. The Morgan fingerprint density at radius 1 is 1.19 bits per heavy atom. The van der Waals surface area contributed by atoms with E-state index in [-0.39, 0.29) is 29.8 Å². The van der Waals surface area contributed by atoms with Crippen LogP contribution in [0.5, 0.6) is 5.75 Å². The number of pyridine rings is 1. The fourth-order valence-electron chi connectivity index (χ4n) is 3.33. The van der Waals surface area contributed by atoms with Gasteiger partial charge in [-0.25, -0.2) is 0 Å². The number of aryl methyl sites for hydroxylation is 1. The van der Waals surface area contributed by atoms with E-state index in [4.69, 9.17) is 5.73 Å². The zero-order valence-electron chi connectivity index (χ0n) is 14.4. The highest BCUT2D eigenvalue weighted by Gasteiger charge is 2.17. The van der Waals surface area contributed by atoms with Gasteiger partial charge in [0.05, 0.1) is 5.52 Å². The maximum atomic E-state index is 12.3. The van der Waals surface area contributed by atoms with Crippen molar-refractivity contribution in [1.82, 2.24) is 4.98 Å². The van der Waals surface area contributed by atoms with E-state index in [9.17, 15) is 9.90 Å². The SMILES string of the molecule is Cc1cc(O)c(-c2ccc(C(C)N)cc2)c2c1[nH]c(=O)c1sccc12.Cl. The van der Waals surface area contributed by atoms with Crippen molar-refractivity contribution in [2.75, 3.05) is 0 Å². The third-order valence-electron chi connectivity index (χ3n) is 4.61. The fourth-order valence-corrected chi connectivity index (χ4v) is 4.12. The fraction of sp³-hybridized carbons (Fsp3) is 0.150. The molecule has 2 aromatic carbocycles. The Morgan fingerprint density at radius 3 is 2.54 bits per heavy atom. The molecule has 0 aliphatic carbocycles. The molecule has 6 heteroatoms. The summed E-state index contributed by atoms with van der Waals surface area (Å²) in [6.45, 7) is 3.83. The molecular formula is C20H19ClN2O2S. The number of aromatic hydroxyl groups is 1. The number of hydrogen-bond donors (Lipinski definition) is 3. The van der Waals surface area contributed by atoms with Crippen molar-refractivity contribution in [3.8, 4) is 16.9 Å². The molecule has 4 aromatic rings. The summed E-state index contributed by atoms with van der Waals surface area (Å²) in [5.41, 5.74) is 10.1. The van der Waals surface area contributed by atoms with Crippen LogP contribution in [0.4, 0.5) is 0 Å². The molecule has 4 rings (SSSR count). The monoisotopic (exact) mass is 386 g/mol. The summed E-state index contributed by atoms with van der Waals surface area (Å²) in [6.07, 6.45) is 0. The standard InChI is InChI=1S/C20H18N2O2S.ClH/c1-10-9-15(23)16(13-5-3-12(4-6-13)11(2)21)17-14-7-8-25-19(14)20(24)22-18(10)17;/h3-9,11,23H,21H2,1-2H3,(H,22,24);1H. The summed E-state index contributed by atoms with van der Waals surface area (Å²) < 4.78 is 0.672. The Balaban J connectivity index is 0.00000196. The Kier molecular flexibility index (Phi) is 4.80. The molecule has 4 nitrogen and oxygen atoms in total. The smallest absolute Gasteiger partial charge is 0.266 e. The van der Waals surface area contributed by atoms with Gasteiger partial charge in [0.25, 0.3) is 5.56 Å². The first-order chi connectivity index (χ1) is 12.0. The molecule has 2 heterocycles. The number of phenols is 1. The highest BCUT2D eigenvalue weighted by molar-refractivity contribution is 7.17. The minimum Gasteiger partial charge on any atom is -0.507 e. The van der Waals surface area contributed by atoms with E-state index >= 15 is 0 Å². The van der Waals surface area contributed by atoms with E-state index in [1.54, 1.807) is 6.07 Å². The van der Waals surface area contributed by atoms with E-state index in [1.807, 2.05) is 49.6 Å². The van der Waals surface area contributed by atoms with Gasteiger partial charge in [0, 0.05) is 22.4 Å². The maximum absolute atomic E-state index is 12.3. The normalized spacial score (nSPS) is 12.3. The van der Waals surface area contributed by atoms with Crippen molar-refractivity contribution in [3.05, 3.63) is 63.3 Å². The summed E-state index contributed by atoms with van der Waals surface area (Å²) in [5, 5.41) is 14.3. The second kappa shape index (κ2) is 6.76. The van der Waals surface area contributed by atoms with Gasteiger partial charge in [-0.05, 0) is 48.1 Å². The number of nitrogens with two attached hydrogens (primary N) is 1. The van der Waals surface area contributed by atoms with E-state index in [0.717, 1.165) is 38.5 Å². The Morgan fingerprint density at radius 2 is 1.88 bits per heavy atom. The first kappa shape index (κ1) is 18.5. The molecule has 0 saturated heterocycles. The highest BCUT2D eigenvalue weighted by Crippen LogP contribution is 2.41. The molecule has 1 atom stereocenters. The molecule has 0 radical (unpaired) electrons. The third kappa shape index (κ3) is 2.78. The van der Waals surface area contributed by atoms with E-state index in [2.05, 4.69) is 4.98 Å². The number of nitrogens with one attached hydrogen (secondary N) is 1. The maximum Gasteiger partial charge on any atom is 0.266 e. The molecule has 26 heavy (non-hydrogen) atoms. The van der Waals surface area contributed by atoms with Crippen LogP contribution in [0.15, 0.2) is 46.6 Å². The predicted molar refractivity (Wildman–Crippen MR) is 112 cm³/mol. The molecule has 0 bridgehead atoms. The Bertz CT molecular complexity index is 1160. The van der Waals surface area contributed by atoms with Gasteiger partial charge in [-0.1, -0.05) is 24.3 Å². The van der Waals surface area contributed by atoms with Crippen LogP contribution in [0.25, 0.3) is 32.1 Å². The first-order valence-corrected chi connectivity index (χ1v) is 8.97. The van der Waals surface area contributed by atoms with Gasteiger partial charge in [0.1, 0.15) is 10.4 Å². The number of phenolic OH excluding ortho intramolecular Hbond substituents is 1. The van der Waals surface area contributed by atoms with Gasteiger partial charge in [-0.15, -0.1) is 23.7 Å². The van der Waals surface area contributed by atoms with Gasteiger partial charge in [0.2, 0.25) is 0 Å². The average Bonchev–Trinajstić information content (AvgIpc) is 3.07. The van der Waals surface area contributed by atoms with Crippen LogP contribution in [0, 0.1) is 6.92 Å². The van der Waals surface area contributed by atoms with Crippen molar-refractivity contribution in [2.45, 2.75) is 19.9 Å². The van der Waals surface area contributed by atoms with Gasteiger partial charge >= 0.3 is 0 Å². The summed E-state index contributed by atoms with van der Waals surface area (Å²) in [4.78, 5) is 15.3. The number of H-pyrrole nitrogens is 1. The van der Waals surface area contributed by atoms with E-state index in [0.29, 0.717) is 4.70 Å². The van der Waals surface area contributed by atoms with E-state index < -0.39 is 0 Å². The molecule has 0 fully saturated rings. The quantitative estimate of drug-likeness (QED) is 0.460. The minimum absolute atomic E-state index is 0. The molecular weight excluding hydrogens is 368 g/mol. The third-order valence-corrected chi connectivity index (χ3v) is 5.52. The number of benzene rings is 2. The second-order valence-electron chi connectivity index (χ2n) is 6.37. The van der Waals surface area contributed by atoms with Crippen molar-refractivity contribution in [2.24, 2.45) is 5.73 Å². The van der Waals surface area contributed by atoms with Crippen molar-refractivity contribution in [1.29, 1.82) is 0 Å².